The maximum atomic E-state index is 12.7. The topological polar surface area (TPSA) is 98.5 Å². The zero-order valence-electron chi connectivity index (χ0n) is 19.8. The van der Waals surface area contributed by atoms with Crippen molar-refractivity contribution in [3.8, 4) is 17.2 Å². The number of hydrogen-bond donors (Lipinski definition) is 0. The average Bonchev–Trinajstić information content (AvgIpc) is 3.33. The molecule has 10 heteroatoms. The molecule has 0 unspecified atom stereocenters. The van der Waals surface area contributed by atoms with E-state index in [0.717, 1.165) is 17.3 Å². The van der Waals surface area contributed by atoms with Crippen LogP contribution in [0.4, 0.5) is 5.82 Å². The number of carbonyl (C=O) groups excluding carboxylic acids is 1. The Morgan fingerprint density at radius 2 is 1.60 bits per heavy atom. The van der Waals surface area contributed by atoms with Gasteiger partial charge in [0.25, 0.3) is 5.91 Å². The average molecular weight is 474 g/mol. The maximum absolute atomic E-state index is 12.7. The van der Waals surface area contributed by atoms with E-state index in [9.17, 15) is 4.79 Å². The molecule has 1 fully saturated rings. The molecule has 4 aromatic rings. The van der Waals surface area contributed by atoms with Crippen LogP contribution < -0.4 is 14.4 Å². The summed E-state index contributed by atoms with van der Waals surface area (Å²) in [7, 11) is 0. The molecule has 10 nitrogen and oxygen atoms in total. The third-order valence-corrected chi connectivity index (χ3v) is 5.93. The molecule has 0 N–H and O–H groups in total. The molecule has 1 amide bonds. The standard InChI is InChI=1S/C25H27N7O3/c1-3-34-20-8-10-21(11-9-20)35-16-22(33)30-12-14-31(15-13-30)24-23-25(27-17-26-24)32(29-28-23)19-6-4-18(2)5-7-19/h4-11,17H,3,12-16H2,1-2H3. The number of piperazine rings is 1. The van der Waals surface area contributed by atoms with Crippen LogP contribution in [0.15, 0.2) is 54.9 Å². The third-order valence-electron chi connectivity index (χ3n) is 5.93. The van der Waals surface area contributed by atoms with E-state index in [-0.39, 0.29) is 12.5 Å². The number of fused-ring (bicyclic) bond motifs is 1. The predicted molar refractivity (Wildman–Crippen MR) is 131 cm³/mol. The van der Waals surface area contributed by atoms with Gasteiger partial charge >= 0.3 is 0 Å². The van der Waals surface area contributed by atoms with Crippen LogP contribution in [-0.4, -0.2) is 75.2 Å². The first kappa shape index (κ1) is 22.6. The van der Waals surface area contributed by atoms with Gasteiger partial charge in [-0.2, -0.15) is 4.68 Å². The Balaban J connectivity index is 1.21. The molecule has 35 heavy (non-hydrogen) atoms. The molecule has 0 saturated carbocycles. The van der Waals surface area contributed by atoms with Crippen LogP contribution in [-0.2, 0) is 4.79 Å². The van der Waals surface area contributed by atoms with Gasteiger partial charge in [-0.05, 0) is 50.2 Å². The molecule has 5 rings (SSSR count). The fourth-order valence-electron chi connectivity index (χ4n) is 4.03. The van der Waals surface area contributed by atoms with Gasteiger partial charge in [0.1, 0.15) is 17.8 Å². The van der Waals surface area contributed by atoms with Crippen molar-refractivity contribution in [3.05, 3.63) is 60.4 Å². The minimum absolute atomic E-state index is 0.00336. The Morgan fingerprint density at radius 3 is 2.29 bits per heavy atom. The Hall–Kier alpha value is -4.21. The number of anilines is 1. The second-order valence-corrected chi connectivity index (χ2v) is 8.27. The molecule has 0 spiro atoms. The lowest BCUT2D eigenvalue weighted by atomic mass is 10.2. The summed E-state index contributed by atoms with van der Waals surface area (Å²) < 4.78 is 12.8. The van der Waals surface area contributed by atoms with Gasteiger partial charge in [-0.3, -0.25) is 4.79 Å². The highest BCUT2D eigenvalue weighted by Gasteiger charge is 2.25. The number of ether oxygens (including phenoxy) is 2. The monoisotopic (exact) mass is 473 g/mol. The summed E-state index contributed by atoms with van der Waals surface area (Å²) in [4.78, 5) is 25.5. The maximum Gasteiger partial charge on any atom is 0.260 e. The molecular formula is C25H27N7O3. The molecule has 1 aliphatic rings. The van der Waals surface area contributed by atoms with Crippen molar-refractivity contribution in [2.45, 2.75) is 13.8 Å². The van der Waals surface area contributed by atoms with Crippen molar-refractivity contribution in [2.24, 2.45) is 0 Å². The van der Waals surface area contributed by atoms with Crippen molar-refractivity contribution < 1.29 is 14.3 Å². The Kier molecular flexibility index (Phi) is 6.42. The number of benzene rings is 2. The second-order valence-electron chi connectivity index (χ2n) is 8.27. The third kappa shape index (κ3) is 4.86. The molecule has 3 heterocycles. The number of aromatic nitrogens is 5. The van der Waals surface area contributed by atoms with Gasteiger partial charge in [-0.15, -0.1) is 5.10 Å². The molecule has 0 aliphatic carbocycles. The molecule has 2 aromatic carbocycles. The van der Waals surface area contributed by atoms with Gasteiger partial charge in [0.05, 0.1) is 12.3 Å². The van der Waals surface area contributed by atoms with Gasteiger partial charge < -0.3 is 19.3 Å². The minimum atomic E-state index is -0.0447. The van der Waals surface area contributed by atoms with Crippen molar-refractivity contribution in [3.63, 3.8) is 0 Å². The molecule has 0 bridgehead atoms. The lowest BCUT2D eigenvalue weighted by Crippen LogP contribution is -2.50. The molecule has 0 radical (unpaired) electrons. The van der Waals surface area contributed by atoms with E-state index in [1.807, 2.05) is 55.1 Å². The number of nitrogens with zero attached hydrogens (tertiary/aromatic N) is 7. The van der Waals surface area contributed by atoms with E-state index >= 15 is 0 Å². The Morgan fingerprint density at radius 1 is 0.914 bits per heavy atom. The fraction of sp³-hybridized carbons (Fsp3) is 0.320. The molecule has 180 valence electrons. The van der Waals surface area contributed by atoms with Crippen LogP contribution in [0.3, 0.4) is 0 Å². The van der Waals surface area contributed by atoms with Gasteiger partial charge in [-0.1, -0.05) is 22.9 Å². The number of aryl methyl sites for hydroxylation is 1. The summed E-state index contributed by atoms with van der Waals surface area (Å²) in [5, 5.41) is 8.68. The zero-order valence-corrected chi connectivity index (χ0v) is 19.8. The summed E-state index contributed by atoms with van der Waals surface area (Å²) in [6.45, 7) is 7.00. The van der Waals surface area contributed by atoms with Crippen molar-refractivity contribution in [1.29, 1.82) is 0 Å². The van der Waals surface area contributed by atoms with E-state index in [2.05, 4.69) is 25.2 Å². The Bertz CT molecular complexity index is 1300. The van der Waals surface area contributed by atoms with Crippen molar-refractivity contribution >= 4 is 22.9 Å². The van der Waals surface area contributed by atoms with Crippen LogP contribution in [0.5, 0.6) is 11.5 Å². The molecule has 1 aliphatic heterocycles. The van der Waals surface area contributed by atoms with Crippen molar-refractivity contribution in [1.82, 2.24) is 29.9 Å². The number of rotatable bonds is 7. The molecule has 1 saturated heterocycles. The number of hydrogen-bond acceptors (Lipinski definition) is 8. The minimum Gasteiger partial charge on any atom is -0.494 e. The smallest absolute Gasteiger partial charge is 0.260 e. The van der Waals surface area contributed by atoms with E-state index in [0.29, 0.717) is 49.7 Å². The van der Waals surface area contributed by atoms with E-state index in [1.165, 1.54) is 11.9 Å². The van der Waals surface area contributed by atoms with Gasteiger partial charge in [-0.25, -0.2) is 9.97 Å². The fourth-order valence-corrected chi connectivity index (χ4v) is 4.03. The van der Waals surface area contributed by atoms with Gasteiger partial charge in [0.15, 0.2) is 23.6 Å². The van der Waals surface area contributed by atoms with E-state index in [4.69, 9.17) is 9.47 Å². The SMILES string of the molecule is CCOc1ccc(OCC(=O)N2CCN(c3ncnc4c3nnn4-c3ccc(C)cc3)CC2)cc1. The predicted octanol–water partition coefficient (Wildman–Crippen LogP) is 2.65. The van der Waals surface area contributed by atoms with Crippen LogP contribution in [0.25, 0.3) is 16.9 Å². The summed E-state index contributed by atoms with van der Waals surface area (Å²) in [5.41, 5.74) is 3.37. The summed E-state index contributed by atoms with van der Waals surface area (Å²) in [6.07, 6.45) is 1.54. The molecule has 0 atom stereocenters. The lowest BCUT2D eigenvalue weighted by Gasteiger charge is -2.35. The number of amides is 1. The molecular weight excluding hydrogens is 446 g/mol. The highest BCUT2D eigenvalue weighted by atomic mass is 16.5. The first-order valence-corrected chi connectivity index (χ1v) is 11.6. The summed E-state index contributed by atoms with van der Waals surface area (Å²) in [6, 6.07) is 15.3. The number of carbonyl (C=O) groups is 1. The van der Waals surface area contributed by atoms with Gasteiger partial charge in [0.2, 0.25) is 0 Å². The van der Waals surface area contributed by atoms with Crippen LogP contribution >= 0.6 is 0 Å². The van der Waals surface area contributed by atoms with Crippen LogP contribution in [0, 0.1) is 6.92 Å². The quantitative estimate of drug-likeness (QED) is 0.404. The zero-order chi connectivity index (χ0) is 24.2. The van der Waals surface area contributed by atoms with Gasteiger partial charge in [0, 0.05) is 26.2 Å². The first-order valence-electron chi connectivity index (χ1n) is 11.6. The highest BCUT2D eigenvalue weighted by Crippen LogP contribution is 2.24. The first-order chi connectivity index (χ1) is 17.1. The Labute approximate surface area is 203 Å². The van der Waals surface area contributed by atoms with Crippen LogP contribution in [0.2, 0.25) is 0 Å². The summed E-state index contributed by atoms with van der Waals surface area (Å²) in [5.74, 6) is 2.10. The molecule has 2 aromatic heterocycles. The largest absolute Gasteiger partial charge is 0.494 e. The van der Waals surface area contributed by atoms with Crippen molar-refractivity contribution in [2.75, 3.05) is 44.3 Å². The van der Waals surface area contributed by atoms with E-state index < -0.39 is 0 Å². The highest BCUT2D eigenvalue weighted by molar-refractivity contribution is 5.84. The summed E-state index contributed by atoms with van der Waals surface area (Å²) >= 11 is 0. The normalized spacial score (nSPS) is 13.8. The lowest BCUT2D eigenvalue weighted by molar-refractivity contribution is -0.133. The van der Waals surface area contributed by atoms with Crippen LogP contribution in [0.1, 0.15) is 12.5 Å². The van der Waals surface area contributed by atoms with E-state index in [1.54, 1.807) is 16.8 Å². The second kappa shape index (κ2) is 9.96.